The molecule has 6 heteroatoms. The van der Waals surface area contributed by atoms with Crippen LogP contribution in [0.2, 0.25) is 0 Å². The number of amides is 1. The molecule has 2 aromatic carbocycles. The maximum atomic E-state index is 14.3. The Morgan fingerprint density at radius 3 is 2.46 bits per heavy atom. The van der Waals surface area contributed by atoms with Crippen LogP contribution in [-0.2, 0) is 0 Å². The summed E-state index contributed by atoms with van der Waals surface area (Å²) in [7, 11) is 0. The summed E-state index contributed by atoms with van der Waals surface area (Å²) >= 11 is 0. The van der Waals surface area contributed by atoms with Crippen molar-refractivity contribution in [3.63, 3.8) is 0 Å². The Bertz CT molecular complexity index is 1090. The topological polar surface area (TPSA) is 56.0 Å². The van der Waals surface area contributed by atoms with Crippen LogP contribution in [0.3, 0.4) is 0 Å². The Kier molecular flexibility index (Phi) is 4.91. The van der Waals surface area contributed by atoms with Crippen LogP contribution in [-0.4, -0.2) is 16.8 Å². The van der Waals surface area contributed by atoms with E-state index in [-0.39, 0.29) is 16.9 Å². The van der Waals surface area contributed by atoms with Crippen LogP contribution in [0.15, 0.2) is 36.5 Å². The Morgan fingerprint density at radius 1 is 1.18 bits per heavy atom. The average Bonchev–Trinajstić information content (AvgIpc) is 2.61. The zero-order chi connectivity index (χ0) is 20.8. The molecular formula is C22H21F3N2O. The molecule has 1 heterocycles. The summed E-state index contributed by atoms with van der Waals surface area (Å²) in [6.07, 6.45) is 1.23. The molecule has 1 amide bonds. The monoisotopic (exact) mass is 386 g/mol. The first kappa shape index (κ1) is 19.9. The van der Waals surface area contributed by atoms with E-state index in [1.807, 2.05) is 6.07 Å². The number of alkyl halides is 2. The highest BCUT2D eigenvalue weighted by Crippen LogP contribution is 2.40. The number of carbonyl (C=O) groups excluding carboxylic acids is 1. The van der Waals surface area contributed by atoms with Crippen LogP contribution in [0.5, 0.6) is 0 Å². The number of benzene rings is 2. The van der Waals surface area contributed by atoms with Crippen molar-refractivity contribution in [3.05, 3.63) is 64.6 Å². The number of nitrogens with two attached hydrogens (primary N) is 1. The Balaban J connectivity index is 2.41. The minimum absolute atomic E-state index is 0.0363. The van der Waals surface area contributed by atoms with Crippen LogP contribution in [0.4, 0.5) is 13.2 Å². The largest absolute Gasteiger partial charge is 0.366 e. The number of primary amides is 1. The van der Waals surface area contributed by atoms with Gasteiger partial charge in [-0.2, -0.15) is 0 Å². The number of hydrogen-bond acceptors (Lipinski definition) is 2. The standard InChI is InChI=1S/C22H21F3N2O/c1-11-8-16(12(2)18(23)9-11)14-6-5-7-15-19(13(3)22(4,24)25)17(21(26)28)10-27-20(14)15/h5-10,13H,1-4H3,(H2,26,28). The highest BCUT2D eigenvalue weighted by Gasteiger charge is 2.35. The molecule has 1 atom stereocenters. The molecule has 1 unspecified atom stereocenters. The molecule has 28 heavy (non-hydrogen) atoms. The number of nitrogens with zero attached hydrogens (tertiary/aromatic N) is 1. The SMILES string of the molecule is Cc1cc(F)c(C)c(-c2cccc3c(C(C)C(C)(F)F)c(C(N)=O)cnc23)c1. The molecule has 3 rings (SSSR count). The zero-order valence-electron chi connectivity index (χ0n) is 16.1. The first-order valence-electron chi connectivity index (χ1n) is 8.88. The summed E-state index contributed by atoms with van der Waals surface area (Å²) in [5.41, 5.74) is 8.38. The normalized spacial score (nSPS) is 13.0. The van der Waals surface area contributed by atoms with Gasteiger partial charge in [-0.1, -0.05) is 31.2 Å². The number of aromatic nitrogens is 1. The lowest BCUT2D eigenvalue weighted by Crippen LogP contribution is -2.24. The molecule has 2 N–H and O–H groups in total. The van der Waals surface area contributed by atoms with E-state index in [0.717, 1.165) is 12.5 Å². The number of para-hydroxylation sites is 1. The van der Waals surface area contributed by atoms with Crippen molar-refractivity contribution < 1.29 is 18.0 Å². The van der Waals surface area contributed by atoms with Gasteiger partial charge < -0.3 is 5.73 Å². The van der Waals surface area contributed by atoms with E-state index in [1.54, 1.807) is 32.0 Å². The first-order valence-corrected chi connectivity index (χ1v) is 8.88. The Hall–Kier alpha value is -2.89. The van der Waals surface area contributed by atoms with Gasteiger partial charge >= 0.3 is 0 Å². The van der Waals surface area contributed by atoms with Crippen molar-refractivity contribution in [2.45, 2.75) is 39.5 Å². The van der Waals surface area contributed by atoms with Gasteiger partial charge in [0.2, 0.25) is 0 Å². The van der Waals surface area contributed by atoms with Crippen LogP contribution >= 0.6 is 0 Å². The average molecular weight is 386 g/mol. The molecule has 3 aromatic rings. The van der Waals surface area contributed by atoms with E-state index in [0.29, 0.717) is 27.6 Å². The first-order chi connectivity index (χ1) is 13.0. The lowest BCUT2D eigenvalue weighted by Gasteiger charge is -2.23. The van der Waals surface area contributed by atoms with E-state index >= 15 is 0 Å². The molecule has 0 saturated carbocycles. The van der Waals surface area contributed by atoms with Gasteiger partial charge in [-0.3, -0.25) is 9.78 Å². The van der Waals surface area contributed by atoms with Gasteiger partial charge in [0.05, 0.1) is 11.1 Å². The molecule has 3 nitrogen and oxygen atoms in total. The Morgan fingerprint density at radius 2 is 1.86 bits per heavy atom. The molecule has 0 radical (unpaired) electrons. The number of aryl methyl sites for hydroxylation is 1. The molecular weight excluding hydrogens is 365 g/mol. The van der Waals surface area contributed by atoms with E-state index in [4.69, 9.17) is 5.73 Å². The molecule has 0 bridgehead atoms. The number of rotatable bonds is 4. The minimum atomic E-state index is -3.07. The second kappa shape index (κ2) is 6.93. The summed E-state index contributed by atoms with van der Waals surface area (Å²) in [6.45, 7) is 5.59. The van der Waals surface area contributed by atoms with Crippen LogP contribution in [0.25, 0.3) is 22.0 Å². The van der Waals surface area contributed by atoms with Gasteiger partial charge in [0.15, 0.2) is 0 Å². The third-order valence-corrected chi connectivity index (χ3v) is 5.18. The molecule has 1 aromatic heterocycles. The number of carbonyl (C=O) groups is 1. The minimum Gasteiger partial charge on any atom is -0.366 e. The van der Waals surface area contributed by atoms with Crippen LogP contribution in [0, 0.1) is 19.7 Å². The van der Waals surface area contributed by atoms with Crippen molar-refractivity contribution in [2.75, 3.05) is 0 Å². The van der Waals surface area contributed by atoms with Crippen molar-refractivity contribution in [2.24, 2.45) is 5.73 Å². The van der Waals surface area contributed by atoms with E-state index < -0.39 is 17.7 Å². The fourth-order valence-corrected chi connectivity index (χ4v) is 3.47. The van der Waals surface area contributed by atoms with Gasteiger partial charge in [-0.05, 0) is 49.1 Å². The summed E-state index contributed by atoms with van der Waals surface area (Å²) in [5.74, 6) is -5.50. The lowest BCUT2D eigenvalue weighted by molar-refractivity contribution is -0.00196. The fraction of sp³-hybridized carbons (Fsp3) is 0.273. The number of hydrogen-bond donors (Lipinski definition) is 1. The second-order valence-corrected chi connectivity index (χ2v) is 7.25. The Labute approximate surface area is 161 Å². The summed E-state index contributed by atoms with van der Waals surface area (Å²) in [6, 6.07) is 8.35. The summed E-state index contributed by atoms with van der Waals surface area (Å²) in [5, 5.41) is 0.407. The number of fused-ring (bicyclic) bond motifs is 1. The predicted octanol–water partition coefficient (Wildman–Crippen LogP) is 5.52. The van der Waals surface area contributed by atoms with E-state index in [1.165, 1.54) is 19.2 Å². The molecule has 0 saturated heterocycles. The van der Waals surface area contributed by atoms with Gasteiger partial charge in [0.1, 0.15) is 5.82 Å². The number of halogens is 3. The molecule has 0 aliphatic rings. The molecule has 0 spiro atoms. The third kappa shape index (κ3) is 3.35. The molecule has 0 aliphatic heterocycles. The predicted molar refractivity (Wildman–Crippen MR) is 104 cm³/mol. The van der Waals surface area contributed by atoms with Crippen molar-refractivity contribution >= 4 is 16.8 Å². The summed E-state index contributed by atoms with van der Waals surface area (Å²) in [4.78, 5) is 16.2. The second-order valence-electron chi connectivity index (χ2n) is 7.25. The highest BCUT2D eigenvalue weighted by atomic mass is 19.3. The highest BCUT2D eigenvalue weighted by molar-refractivity contribution is 6.03. The number of pyridine rings is 1. The van der Waals surface area contributed by atoms with Crippen LogP contribution in [0.1, 0.15) is 46.8 Å². The third-order valence-electron chi connectivity index (χ3n) is 5.18. The van der Waals surface area contributed by atoms with E-state index in [9.17, 15) is 18.0 Å². The quantitative estimate of drug-likeness (QED) is 0.642. The van der Waals surface area contributed by atoms with Gasteiger partial charge in [-0.25, -0.2) is 13.2 Å². The maximum Gasteiger partial charge on any atom is 0.251 e. The van der Waals surface area contributed by atoms with Gasteiger partial charge in [0, 0.05) is 23.1 Å². The van der Waals surface area contributed by atoms with Crippen molar-refractivity contribution in [1.82, 2.24) is 4.98 Å². The molecule has 0 aliphatic carbocycles. The van der Waals surface area contributed by atoms with E-state index in [2.05, 4.69) is 4.98 Å². The van der Waals surface area contributed by atoms with Crippen LogP contribution < -0.4 is 5.73 Å². The maximum absolute atomic E-state index is 14.3. The van der Waals surface area contributed by atoms with Gasteiger partial charge in [-0.15, -0.1) is 0 Å². The molecule has 146 valence electrons. The van der Waals surface area contributed by atoms with Gasteiger partial charge in [0.25, 0.3) is 11.8 Å². The smallest absolute Gasteiger partial charge is 0.251 e. The summed E-state index contributed by atoms with van der Waals surface area (Å²) < 4.78 is 42.6. The van der Waals surface area contributed by atoms with Crippen molar-refractivity contribution in [3.8, 4) is 11.1 Å². The zero-order valence-corrected chi connectivity index (χ0v) is 16.1. The molecule has 0 fully saturated rings. The lowest BCUT2D eigenvalue weighted by atomic mass is 9.86. The fourth-order valence-electron chi connectivity index (χ4n) is 3.47. The van der Waals surface area contributed by atoms with Crippen molar-refractivity contribution in [1.29, 1.82) is 0 Å².